The van der Waals surface area contributed by atoms with Gasteiger partial charge >= 0.3 is 0 Å². The Morgan fingerprint density at radius 3 is 2.94 bits per heavy atom. The molecule has 5 nitrogen and oxygen atoms in total. The molecule has 1 aromatic heterocycles. The van der Waals surface area contributed by atoms with Crippen molar-refractivity contribution in [2.75, 3.05) is 32.2 Å². The predicted molar refractivity (Wildman–Crippen MR) is 63.3 cm³/mol. The number of aromatic nitrogens is 1. The van der Waals surface area contributed by atoms with Gasteiger partial charge in [0.05, 0.1) is 25.1 Å². The van der Waals surface area contributed by atoms with E-state index in [4.69, 9.17) is 9.47 Å². The van der Waals surface area contributed by atoms with Crippen molar-refractivity contribution >= 4 is 27.5 Å². The first-order chi connectivity index (χ1) is 7.72. The van der Waals surface area contributed by atoms with Crippen LogP contribution in [0.15, 0.2) is 22.9 Å². The van der Waals surface area contributed by atoms with Crippen LogP contribution in [0, 0.1) is 0 Å². The summed E-state index contributed by atoms with van der Waals surface area (Å²) in [6.07, 6.45) is 1.57. The SMILES string of the molecule is COCCOCC(=O)Nc1ccc(Br)nc1. The normalized spacial score (nSPS) is 10.1. The molecule has 0 aliphatic carbocycles. The van der Waals surface area contributed by atoms with E-state index in [-0.39, 0.29) is 12.5 Å². The molecule has 1 amide bonds. The molecule has 0 saturated carbocycles. The number of halogens is 1. The van der Waals surface area contributed by atoms with Gasteiger partial charge in [-0.2, -0.15) is 0 Å². The summed E-state index contributed by atoms with van der Waals surface area (Å²) in [6.45, 7) is 0.898. The van der Waals surface area contributed by atoms with Gasteiger partial charge in [0.2, 0.25) is 5.91 Å². The summed E-state index contributed by atoms with van der Waals surface area (Å²) in [5, 5.41) is 2.66. The summed E-state index contributed by atoms with van der Waals surface area (Å²) < 4.78 is 10.6. The Morgan fingerprint density at radius 2 is 2.31 bits per heavy atom. The monoisotopic (exact) mass is 288 g/mol. The van der Waals surface area contributed by atoms with E-state index >= 15 is 0 Å². The third-order valence-electron chi connectivity index (χ3n) is 1.68. The van der Waals surface area contributed by atoms with E-state index in [0.717, 1.165) is 4.60 Å². The second-order valence-corrected chi connectivity index (χ2v) is 3.78. The Morgan fingerprint density at radius 1 is 1.50 bits per heavy atom. The Bertz CT molecular complexity index is 329. The molecule has 0 aliphatic heterocycles. The average Bonchev–Trinajstić information content (AvgIpc) is 2.28. The van der Waals surface area contributed by atoms with Crippen molar-refractivity contribution in [3.63, 3.8) is 0 Å². The highest BCUT2D eigenvalue weighted by atomic mass is 79.9. The fourth-order valence-electron chi connectivity index (χ4n) is 0.954. The summed E-state index contributed by atoms with van der Waals surface area (Å²) in [4.78, 5) is 15.3. The molecular formula is C10H13BrN2O3. The number of nitrogens with one attached hydrogen (secondary N) is 1. The summed E-state index contributed by atoms with van der Waals surface area (Å²) in [6, 6.07) is 3.51. The maximum Gasteiger partial charge on any atom is 0.250 e. The quantitative estimate of drug-likeness (QED) is 0.636. The van der Waals surface area contributed by atoms with E-state index in [1.165, 1.54) is 0 Å². The number of methoxy groups -OCH3 is 1. The molecule has 0 radical (unpaired) electrons. The van der Waals surface area contributed by atoms with Gasteiger partial charge in [0.15, 0.2) is 0 Å². The van der Waals surface area contributed by atoms with Gasteiger partial charge in [-0.3, -0.25) is 4.79 Å². The minimum atomic E-state index is -0.208. The fraction of sp³-hybridized carbons (Fsp3) is 0.400. The Labute approximate surface area is 102 Å². The highest BCUT2D eigenvalue weighted by Crippen LogP contribution is 2.09. The first kappa shape index (κ1) is 13.1. The highest BCUT2D eigenvalue weighted by Gasteiger charge is 2.02. The standard InChI is InChI=1S/C10H13BrN2O3/c1-15-4-5-16-7-10(14)13-8-2-3-9(11)12-6-8/h2-3,6H,4-5,7H2,1H3,(H,13,14). The average molecular weight is 289 g/mol. The maximum absolute atomic E-state index is 11.3. The molecule has 1 aromatic rings. The second-order valence-electron chi connectivity index (χ2n) is 2.96. The number of amides is 1. The lowest BCUT2D eigenvalue weighted by Crippen LogP contribution is -2.19. The Hall–Kier alpha value is -0.980. The lowest BCUT2D eigenvalue weighted by Gasteiger charge is -2.05. The zero-order valence-electron chi connectivity index (χ0n) is 8.90. The van der Waals surface area contributed by atoms with Crippen molar-refractivity contribution < 1.29 is 14.3 Å². The molecule has 0 bridgehead atoms. The molecule has 0 aliphatic rings. The number of hydrogen-bond donors (Lipinski definition) is 1. The van der Waals surface area contributed by atoms with Crippen molar-refractivity contribution in [3.8, 4) is 0 Å². The topological polar surface area (TPSA) is 60.5 Å². The van der Waals surface area contributed by atoms with Crippen molar-refractivity contribution in [3.05, 3.63) is 22.9 Å². The molecule has 16 heavy (non-hydrogen) atoms. The van der Waals surface area contributed by atoms with Crippen LogP contribution < -0.4 is 5.32 Å². The zero-order chi connectivity index (χ0) is 11.8. The van der Waals surface area contributed by atoms with E-state index in [0.29, 0.717) is 18.9 Å². The van der Waals surface area contributed by atoms with E-state index < -0.39 is 0 Å². The number of ether oxygens (including phenoxy) is 2. The number of hydrogen-bond acceptors (Lipinski definition) is 4. The molecule has 0 fully saturated rings. The van der Waals surface area contributed by atoms with Crippen molar-refractivity contribution in [1.29, 1.82) is 0 Å². The molecule has 1 N–H and O–H groups in total. The number of carbonyl (C=O) groups excluding carboxylic acids is 1. The molecule has 0 unspecified atom stereocenters. The summed E-state index contributed by atoms with van der Waals surface area (Å²) in [5.74, 6) is -0.208. The van der Waals surface area contributed by atoms with Crippen LogP contribution in [0.2, 0.25) is 0 Å². The fourth-order valence-corrected chi connectivity index (χ4v) is 1.19. The van der Waals surface area contributed by atoms with Gasteiger partial charge in [-0.15, -0.1) is 0 Å². The molecule has 6 heteroatoms. The largest absolute Gasteiger partial charge is 0.382 e. The third-order valence-corrected chi connectivity index (χ3v) is 2.15. The van der Waals surface area contributed by atoms with E-state index in [2.05, 4.69) is 26.2 Å². The van der Waals surface area contributed by atoms with E-state index in [9.17, 15) is 4.79 Å². The minimum Gasteiger partial charge on any atom is -0.382 e. The molecular weight excluding hydrogens is 276 g/mol. The highest BCUT2D eigenvalue weighted by molar-refractivity contribution is 9.10. The summed E-state index contributed by atoms with van der Waals surface area (Å²) in [5.41, 5.74) is 0.642. The van der Waals surface area contributed by atoms with Gasteiger partial charge in [0.1, 0.15) is 11.2 Å². The van der Waals surface area contributed by atoms with Gasteiger partial charge in [0, 0.05) is 7.11 Å². The van der Waals surface area contributed by atoms with Crippen LogP contribution in [-0.2, 0) is 14.3 Å². The van der Waals surface area contributed by atoms with Crippen molar-refractivity contribution in [2.24, 2.45) is 0 Å². The third kappa shape index (κ3) is 5.20. The lowest BCUT2D eigenvalue weighted by atomic mass is 10.4. The number of pyridine rings is 1. The van der Waals surface area contributed by atoms with Gasteiger partial charge in [-0.05, 0) is 28.1 Å². The second kappa shape index (κ2) is 7.32. The molecule has 88 valence electrons. The van der Waals surface area contributed by atoms with Crippen LogP contribution in [0.4, 0.5) is 5.69 Å². The Kier molecular flexibility index (Phi) is 5.99. The smallest absolute Gasteiger partial charge is 0.250 e. The maximum atomic E-state index is 11.3. The molecule has 1 heterocycles. The van der Waals surface area contributed by atoms with Gasteiger partial charge in [-0.25, -0.2) is 4.98 Å². The lowest BCUT2D eigenvalue weighted by molar-refractivity contribution is -0.121. The minimum absolute atomic E-state index is 0.0133. The first-order valence-electron chi connectivity index (χ1n) is 4.70. The number of rotatable bonds is 6. The van der Waals surface area contributed by atoms with Crippen molar-refractivity contribution in [2.45, 2.75) is 0 Å². The zero-order valence-corrected chi connectivity index (χ0v) is 10.5. The number of carbonyl (C=O) groups is 1. The van der Waals surface area contributed by atoms with Crippen LogP contribution in [0.25, 0.3) is 0 Å². The van der Waals surface area contributed by atoms with Crippen LogP contribution in [0.5, 0.6) is 0 Å². The van der Waals surface area contributed by atoms with E-state index in [1.54, 1.807) is 25.4 Å². The van der Waals surface area contributed by atoms with Crippen LogP contribution in [-0.4, -0.2) is 37.8 Å². The molecule has 0 aromatic carbocycles. The first-order valence-corrected chi connectivity index (χ1v) is 5.50. The molecule has 1 rings (SSSR count). The van der Waals surface area contributed by atoms with Gasteiger partial charge in [-0.1, -0.05) is 0 Å². The van der Waals surface area contributed by atoms with Crippen LogP contribution in [0.3, 0.4) is 0 Å². The van der Waals surface area contributed by atoms with Crippen molar-refractivity contribution in [1.82, 2.24) is 4.98 Å². The summed E-state index contributed by atoms with van der Waals surface area (Å²) >= 11 is 3.21. The van der Waals surface area contributed by atoms with E-state index in [1.807, 2.05) is 0 Å². The number of nitrogens with zero attached hydrogens (tertiary/aromatic N) is 1. The van der Waals surface area contributed by atoms with Gasteiger partial charge in [0.25, 0.3) is 0 Å². The van der Waals surface area contributed by atoms with Crippen LogP contribution >= 0.6 is 15.9 Å². The van der Waals surface area contributed by atoms with Crippen LogP contribution in [0.1, 0.15) is 0 Å². The molecule has 0 spiro atoms. The Balaban J connectivity index is 2.26. The molecule has 0 saturated heterocycles. The molecule has 0 atom stereocenters. The summed E-state index contributed by atoms with van der Waals surface area (Å²) in [7, 11) is 1.58. The van der Waals surface area contributed by atoms with Gasteiger partial charge < -0.3 is 14.8 Å². The predicted octanol–water partition coefficient (Wildman–Crippen LogP) is 1.45. The number of anilines is 1.